The van der Waals surface area contributed by atoms with Gasteiger partial charge in [-0.3, -0.25) is 24.3 Å². The van der Waals surface area contributed by atoms with Crippen molar-refractivity contribution in [1.82, 2.24) is 4.57 Å². The van der Waals surface area contributed by atoms with Crippen LogP contribution in [0.1, 0.15) is 17.0 Å². The molecule has 1 amide bonds. The fourth-order valence-corrected chi connectivity index (χ4v) is 5.52. The maximum Gasteiger partial charge on any atom is 0.274 e. The minimum Gasteiger partial charge on any atom is -0.384 e. The van der Waals surface area contributed by atoms with E-state index < -0.39 is 22.3 Å². The van der Waals surface area contributed by atoms with Crippen LogP contribution in [-0.4, -0.2) is 15.4 Å². The number of rotatable bonds is 5. The third-order valence-electron chi connectivity index (χ3n) is 6.06. The third kappa shape index (κ3) is 4.38. The first-order valence-electron chi connectivity index (χ1n) is 11.4. The molecule has 10 heteroatoms. The van der Waals surface area contributed by atoms with Crippen LogP contribution in [0, 0.1) is 21.4 Å². The van der Waals surface area contributed by atoms with Crippen molar-refractivity contribution in [2.45, 2.75) is 5.92 Å². The number of non-ortho nitro benzene ring substituents is 1. The highest BCUT2D eigenvalue weighted by Crippen LogP contribution is 2.36. The van der Waals surface area contributed by atoms with Crippen molar-refractivity contribution in [2.75, 3.05) is 5.32 Å². The number of aromatic nitrogens is 1. The molecule has 38 heavy (non-hydrogen) atoms. The van der Waals surface area contributed by atoms with Gasteiger partial charge in [0, 0.05) is 17.8 Å². The molecular weight excluding hydrogens is 502 g/mol. The molecule has 5 rings (SSSR count). The number of allylic oxidation sites excluding steroid dienone is 1. The Hall–Kier alpha value is -5.27. The Kier molecular flexibility index (Phi) is 6.43. The SMILES string of the molecule is N#CC1=C(N)n2c(s/c(=C\c3ccccc3)c2=O)=C(C(=O)Nc2cccc([N+](=O)[O-])c2)C1c1ccccc1. The van der Waals surface area contributed by atoms with Gasteiger partial charge in [0.25, 0.3) is 17.2 Å². The number of carbonyl (C=O) groups is 1. The van der Waals surface area contributed by atoms with E-state index in [0.29, 0.717) is 10.1 Å². The standard InChI is InChI=1S/C28H19N5O4S/c29-16-21-23(18-10-5-2-6-11-18)24(26(34)31-19-12-7-13-20(15-19)33(36)37)28-32(25(21)30)27(35)22(38-28)14-17-8-3-1-4-9-17/h1-15,23H,30H2,(H,31,34)/b22-14-. The van der Waals surface area contributed by atoms with Gasteiger partial charge in [-0.25, -0.2) is 0 Å². The quantitative estimate of drug-likeness (QED) is 0.305. The monoisotopic (exact) mass is 521 g/mol. The summed E-state index contributed by atoms with van der Waals surface area (Å²) in [5, 5.41) is 24.1. The molecule has 1 aromatic heterocycles. The van der Waals surface area contributed by atoms with Crippen molar-refractivity contribution in [2.24, 2.45) is 5.73 Å². The largest absolute Gasteiger partial charge is 0.384 e. The molecule has 1 atom stereocenters. The number of fused-ring (bicyclic) bond motifs is 1. The maximum absolute atomic E-state index is 13.8. The second-order valence-electron chi connectivity index (χ2n) is 8.40. The van der Waals surface area contributed by atoms with Gasteiger partial charge in [0.1, 0.15) is 10.5 Å². The molecule has 1 aliphatic heterocycles. The van der Waals surface area contributed by atoms with E-state index in [2.05, 4.69) is 11.4 Å². The van der Waals surface area contributed by atoms with Gasteiger partial charge in [0.15, 0.2) is 0 Å². The molecule has 186 valence electrons. The Morgan fingerprint density at radius 1 is 1.08 bits per heavy atom. The van der Waals surface area contributed by atoms with Gasteiger partial charge in [-0.05, 0) is 23.3 Å². The average Bonchev–Trinajstić information content (AvgIpc) is 3.25. The van der Waals surface area contributed by atoms with Crippen molar-refractivity contribution in [1.29, 1.82) is 5.26 Å². The predicted octanol–water partition coefficient (Wildman–Crippen LogP) is 2.88. The fraction of sp³-hybridized carbons (Fsp3) is 0.0357. The first kappa shape index (κ1) is 24.4. The molecule has 3 N–H and O–H groups in total. The van der Waals surface area contributed by atoms with Crippen LogP contribution in [0.25, 0.3) is 17.5 Å². The molecule has 4 aromatic rings. The molecule has 0 fully saturated rings. The number of nitrogens with two attached hydrogens (primary N) is 1. The summed E-state index contributed by atoms with van der Waals surface area (Å²) in [7, 11) is 0. The lowest BCUT2D eigenvalue weighted by molar-refractivity contribution is -0.384. The number of hydrogen-bond donors (Lipinski definition) is 2. The Bertz CT molecular complexity index is 1830. The van der Waals surface area contributed by atoms with E-state index in [1.807, 2.05) is 36.4 Å². The van der Waals surface area contributed by atoms with E-state index >= 15 is 0 Å². The van der Waals surface area contributed by atoms with E-state index in [1.165, 1.54) is 28.8 Å². The molecule has 0 spiro atoms. The van der Waals surface area contributed by atoms with E-state index in [0.717, 1.165) is 16.9 Å². The zero-order chi connectivity index (χ0) is 26.8. The van der Waals surface area contributed by atoms with Gasteiger partial charge in [0.2, 0.25) is 0 Å². The van der Waals surface area contributed by atoms with Gasteiger partial charge in [-0.2, -0.15) is 5.26 Å². The molecule has 9 nitrogen and oxygen atoms in total. The van der Waals surface area contributed by atoms with E-state index in [9.17, 15) is 25.0 Å². The van der Waals surface area contributed by atoms with Crippen LogP contribution >= 0.6 is 11.3 Å². The van der Waals surface area contributed by atoms with Crippen molar-refractivity contribution < 1.29 is 9.72 Å². The number of nitriles is 1. The summed E-state index contributed by atoms with van der Waals surface area (Å²) in [5.74, 6) is -1.51. The van der Waals surface area contributed by atoms with Crippen LogP contribution in [0.2, 0.25) is 0 Å². The topological polar surface area (TPSA) is 144 Å². The number of amides is 1. The Labute approximate surface area is 219 Å². The van der Waals surface area contributed by atoms with Crippen LogP contribution in [0.5, 0.6) is 0 Å². The Morgan fingerprint density at radius 3 is 2.42 bits per heavy atom. The summed E-state index contributed by atoms with van der Waals surface area (Å²) in [6, 6.07) is 25.8. The molecule has 0 aliphatic carbocycles. The molecule has 1 unspecified atom stereocenters. The minimum atomic E-state index is -0.859. The zero-order valence-electron chi connectivity index (χ0n) is 19.7. The molecule has 0 bridgehead atoms. The van der Waals surface area contributed by atoms with E-state index in [-0.39, 0.29) is 33.0 Å². The summed E-state index contributed by atoms with van der Waals surface area (Å²) in [4.78, 5) is 38.0. The molecule has 0 radical (unpaired) electrons. The minimum absolute atomic E-state index is 0.0442. The van der Waals surface area contributed by atoms with Gasteiger partial charge in [0.05, 0.1) is 32.6 Å². The first-order valence-corrected chi connectivity index (χ1v) is 12.2. The lowest BCUT2D eigenvalue weighted by Crippen LogP contribution is -2.40. The predicted molar refractivity (Wildman–Crippen MR) is 145 cm³/mol. The molecule has 1 aliphatic rings. The maximum atomic E-state index is 13.8. The van der Waals surface area contributed by atoms with Crippen molar-refractivity contribution in [3.63, 3.8) is 0 Å². The van der Waals surface area contributed by atoms with Gasteiger partial charge < -0.3 is 11.1 Å². The van der Waals surface area contributed by atoms with Gasteiger partial charge >= 0.3 is 0 Å². The highest BCUT2D eigenvalue weighted by Gasteiger charge is 2.35. The third-order valence-corrected chi connectivity index (χ3v) is 7.17. The normalized spacial score (nSPS) is 15.1. The molecule has 2 heterocycles. The number of carbonyl (C=O) groups excluding carboxylic acids is 1. The second kappa shape index (κ2) is 10.0. The van der Waals surface area contributed by atoms with Gasteiger partial charge in [-0.1, -0.05) is 66.7 Å². The summed E-state index contributed by atoms with van der Waals surface area (Å²) in [6.07, 6.45) is 1.70. The highest BCUT2D eigenvalue weighted by atomic mass is 32.1. The number of nitrogens with one attached hydrogen (secondary N) is 1. The van der Waals surface area contributed by atoms with Crippen molar-refractivity contribution in [3.8, 4) is 6.07 Å². The molecular formula is C28H19N5O4S. The van der Waals surface area contributed by atoms with Crippen LogP contribution < -0.4 is 25.8 Å². The van der Waals surface area contributed by atoms with Crippen LogP contribution in [-0.2, 0) is 4.79 Å². The number of thiazole rings is 1. The lowest BCUT2D eigenvalue weighted by atomic mass is 9.83. The molecule has 3 aromatic carbocycles. The Morgan fingerprint density at radius 2 is 1.76 bits per heavy atom. The van der Waals surface area contributed by atoms with Crippen molar-refractivity contribution >= 4 is 46.1 Å². The van der Waals surface area contributed by atoms with Crippen LogP contribution in [0.15, 0.2) is 95.3 Å². The number of nitrogens with zero attached hydrogens (tertiary/aromatic N) is 3. The van der Waals surface area contributed by atoms with Crippen LogP contribution in [0.4, 0.5) is 11.4 Å². The van der Waals surface area contributed by atoms with E-state index in [4.69, 9.17) is 5.73 Å². The van der Waals surface area contributed by atoms with Crippen LogP contribution in [0.3, 0.4) is 0 Å². The smallest absolute Gasteiger partial charge is 0.274 e. The average molecular weight is 522 g/mol. The van der Waals surface area contributed by atoms with E-state index in [1.54, 1.807) is 30.3 Å². The highest BCUT2D eigenvalue weighted by molar-refractivity contribution is 7.07. The Balaban J connectivity index is 1.78. The number of hydrogen-bond acceptors (Lipinski definition) is 7. The summed E-state index contributed by atoms with van der Waals surface area (Å²) in [5.41, 5.74) is 7.57. The summed E-state index contributed by atoms with van der Waals surface area (Å²) >= 11 is 1.09. The molecule has 0 saturated carbocycles. The summed E-state index contributed by atoms with van der Waals surface area (Å²) in [6.45, 7) is 0. The zero-order valence-corrected chi connectivity index (χ0v) is 20.5. The number of benzene rings is 3. The van der Waals surface area contributed by atoms with Crippen molar-refractivity contribution in [3.05, 3.63) is 131 Å². The number of nitro groups is 1. The molecule has 0 saturated heterocycles. The van der Waals surface area contributed by atoms with Gasteiger partial charge in [-0.15, -0.1) is 11.3 Å². The lowest BCUT2D eigenvalue weighted by Gasteiger charge is -2.25. The number of anilines is 1. The number of nitro benzene ring substituents is 1. The fourth-order valence-electron chi connectivity index (χ4n) is 4.34. The second-order valence-corrected chi connectivity index (χ2v) is 9.43. The first-order chi connectivity index (χ1) is 18.4. The summed E-state index contributed by atoms with van der Waals surface area (Å²) < 4.78 is 1.81.